The number of nitrogens with one attached hydrogen (secondary N) is 1. The van der Waals surface area contributed by atoms with Crippen LogP contribution in [0.1, 0.15) is 55.3 Å². The van der Waals surface area contributed by atoms with Gasteiger partial charge in [0.1, 0.15) is 11.4 Å². The SMILES string of the molecule is Cc1cc(OCCCc2c(C(=O)Nc3cccc(C(=O)O)c3)n(C)c3c(-c4c(C)nn(C)c4C)c(Cl)ccc23)cc(C)c1Cl. The number of carbonyl (C=O) groups excluding carboxylic acids is 1. The van der Waals surface area contributed by atoms with Gasteiger partial charge in [0.25, 0.3) is 5.91 Å². The average molecular weight is 634 g/mol. The number of carbonyl (C=O) groups is 2. The summed E-state index contributed by atoms with van der Waals surface area (Å²) >= 11 is 13.2. The number of aryl methyl sites for hydroxylation is 6. The van der Waals surface area contributed by atoms with Gasteiger partial charge in [-0.05, 0) is 93.6 Å². The Hall–Kier alpha value is -4.27. The van der Waals surface area contributed by atoms with Crippen LogP contribution in [0.5, 0.6) is 5.75 Å². The van der Waals surface area contributed by atoms with Crippen molar-refractivity contribution in [1.29, 1.82) is 0 Å². The zero-order valence-electron chi connectivity index (χ0n) is 25.5. The summed E-state index contributed by atoms with van der Waals surface area (Å²) in [5, 5.41) is 19.2. The summed E-state index contributed by atoms with van der Waals surface area (Å²) in [7, 11) is 3.75. The molecule has 8 nitrogen and oxygen atoms in total. The number of amides is 1. The molecule has 0 spiro atoms. The van der Waals surface area contributed by atoms with Crippen molar-refractivity contribution in [2.75, 3.05) is 11.9 Å². The maximum absolute atomic E-state index is 14.0. The molecule has 3 aromatic carbocycles. The number of anilines is 1. The predicted octanol–water partition coefficient (Wildman–Crippen LogP) is 8.08. The maximum atomic E-state index is 14.0. The third-order valence-electron chi connectivity index (χ3n) is 8.00. The number of benzene rings is 3. The van der Waals surface area contributed by atoms with Gasteiger partial charge in [-0.3, -0.25) is 9.48 Å². The molecule has 2 N–H and O–H groups in total. The van der Waals surface area contributed by atoms with E-state index >= 15 is 0 Å². The van der Waals surface area contributed by atoms with E-state index in [2.05, 4.69) is 10.4 Å². The Bertz CT molecular complexity index is 1920. The highest BCUT2D eigenvalue weighted by atomic mass is 35.5. The average Bonchev–Trinajstić information content (AvgIpc) is 3.40. The third-order valence-corrected chi connectivity index (χ3v) is 8.91. The molecule has 0 aliphatic rings. The van der Waals surface area contributed by atoms with E-state index in [1.165, 1.54) is 12.1 Å². The number of hydrogen-bond acceptors (Lipinski definition) is 4. The van der Waals surface area contributed by atoms with Gasteiger partial charge in [-0.2, -0.15) is 5.10 Å². The number of aromatic nitrogens is 3. The van der Waals surface area contributed by atoms with Crippen molar-refractivity contribution >= 4 is 51.7 Å². The zero-order chi connectivity index (χ0) is 31.9. The minimum absolute atomic E-state index is 0.0847. The molecule has 228 valence electrons. The first-order chi connectivity index (χ1) is 20.9. The quantitative estimate of drug-likeness (QED) is 0.160. The second-order valence-corrected chi connectivity index (χ2v) is 11.8. The molecule has 0 saturated carbocycles. The van der Waals surface area contributed by atoms with Crippen molar-refractivity contribution in [3.8, 4) is 16.9 Å². The molecular formula is C34H34Cl2N4O4. The normalized spacial score (nSPS) is 11.3. The van der Waals surface area contributed by atoms with E-state index in [1.807, 2.05) is 75.3 Å². The van der Waals surface area contributed by atoms with Gasteiger partial charge in [-0.15, -0.1) is 0 Å². The van der Waals surface area contributed by atoms with E-state index in [4.69, 9.17) is 27.9 Å². The number of ether oxygens (including phenoxy) is 1. The Kier molecular flexibility index (Phi) is 8.77. The molecule has 0 fully saturated rings. The van der Waals surface area contributed by atoms with Crippen LogP contribution in [0.3, 0.4) is 0 Å². The number of hydrogen-bond donors (Lipinski definition) is 2. The first kappa shape index (κ1) is 31.2. The highest BCUT2D eigenvalue weighted by Gasteiger charge is 2.27. The summed E-state index contributed by atoms with van der Waals surface area (Å²) < 4.78 is 9.79. The van der Waals surface area contributed by atoms with Crippen molar-refractivity contribution in [2.45, 2.75) is 40.5 Å². The fourth-order valence-electron chi connectivity index (χ4n) is 5.86. The van der Waals surface area contributed by atoms with Crippen LogP contribution in [0.4, 0.5) is 5.69 Å². The number of rotatable bonds is 9. The molecule has 0 atom stereocenters. The standard InChI is InChI=1S/C34H34Cl2N4O4/c1-18-15-24(16-19(2)30(18)36)44-14-8-11-25-26-12-13-27(35)29(28-20(3)38-40(6)21(28)4)31(26)39(5)32(25)33(41)37-23-10-7-9-22(17-23)34(42)43/h7,9-10,12-13,15-17H,8,11,14H2,1-6H3,(H,37,41)(H,42,43). The monoisotopic (exact) mass is 632 g/mol. The number of nitrogens with zero attached hydrogens (tertiary/aromatic N) is 3. The molecular weight excluding hydrogens is 599 g/mol. The van der Waals surface area contributed by atoms with Gasteiger partial charge in [0.15, 0.2) is 0 Å². The molecule has 0 bridgehead atoms. The molecule has 0 saturated heterocycles. The Morgan fingerprint density at radius 2 is 1.68 bits per heavy atom. The minimum Gasteiger partial charge on any atom is -0.494 e. The summed E-state index contributed by atoms with van der Waals surface area (Å²) in [6, 6.07) is 13.9. The molecule has 0 radical (unpaired) electrons. The topological polar surface area (TPSA) is 98.4 Å². The van der Waals surface area contributed by atoms with Crippen LogP contribution in [-0.4, -0.2) is 37.9 Å². The first-order valence-electron chi connectivity index (χ1n) is 14.2. The number of halogens is 2. The molecule has 0 aliphatic heterocycles. The lowest BCUT2D eigenvalue weighted by Gasteiger charge is -2.12. The van der Waals surface area contributed by atoms with Gasteiger partial charge in [-0.25, -0.2) is 4.79 Å². The summed E-state index contributed by atoms with van der Waals surface area (Å²) in [5.41, 5.74) is 8.03. The lowest BCUT2D eigenvalue weighted by molar-refractivity contribution is 0.0696. The van der Waals surface area contributed by atoms with E-state index in [-0.39, 0.29) is 11.5 Å². The Morgan fingerprint density at radius 3 is 2.32 bits per heavy atom. The molecule has 5 rings (SSSR count). The largest absolute Gasteiger partial charge is 0.494 e. The van der Waals surface area contributed by atoms with Crippen LogP contribution in [0, 0.1) is 27.7 Å². The maximum Gasteiger partial charge on any atom is 0.335 e. The third kappa shape index (κ3) is 5.79. The number of carboxylic acid groups (broad SMARTS) is 1. The first-order valence-corrected chi connectivity index (χ1v) is 15.0. The molecule has 2 aromatic heterocycles. The highest BCUT2D eigenvalue weighted by Crippen LogP contribution is 2.41. The van der Waals surface area contributed by atoms with Gasteiger partial charge in [0.2, 0.25) is 0 Å². The van der Waals surface area contributed by atoms with Gasteiger partial charge in [-0.1, -0.05) is 35.3 Å². The van der Waals surface area contributed by atoms with Crippen LogP contribution in [0.15, 0.2) is 48.5 Å². The van der Waals surface area contributed by atoms with Gasteiger partial charge in [0, 0.05) is 47.0 Å². The van der Waals surface area contributed by atoms with Gasteiger partial charge >= 0.3 is 5.97 Å². The van der Waals surface area contributed by atoms with E-state index in [0.717, 1.165) is 60.9 Å². The van der Waals surface area contributed by atoms with Crippen LogP contribution in [0.25, 0.3) is 22.0 Å². The molecule has 1 amide bonds. The van der Waals surface area contributed by atoms with Crippen molar-refractivity contribution in [2.24, 2.45) is 14.1 Å². The fraction of sp³-hybridized carbons (Fsp3) is 0.265. The number of aromatic carboxylic acids is 1. The molecule has 2 heterocycles. The summed E-state index contributed by atoms with van der Waals surface area (Å²) in [6.07, 6.45) is 1.18. The van der Waals surface area contributed by atoms with E-state index in [1.54, 1.807) is 12.1 Å². The Morgan fingerprint density at radius 1 is 0.977 bits per heavy atom. The number of carboxylic acids is 1. The van der Waals surface area contributed by atoms with Crippen LogP contribution in [-0.2, 0) is 20.5 Å². The molecule has 10 heteroatoms. The fourth-order valence-corrected chi connectivity index (χ4v) is 6.22. The van der Waals surface area contributed by atoms with Crippen LogP contribution in [0.2, 0.25) is 10.0 Å². The van der Waals surface area contributed by atoms with Crippen molar-refractivity contribution in [3.63, 3.8) is 0 Å². The Balaban J connectivity index is 1.57. The van der Waals surface area contributed by atoms with Crippen LogP contribution < -0.4 is 10.1 Å². The van der Waals surface area contributed by atoms with Crippen LogP contribution >= 0.6 is 23.2 Å². The van der Waals surface area contributed by atoms with Crippen molar-refractivity contribution < 1.29 is 19.4 Å². The second-order valence-electron chi connectivity index (χ2n) is 11.0. The van der Waals surface area contributed by atoms with Gasteiger partial charge in [0.05, 0.1) is 28.4 Å². The number of fused-ring (bicyclic) bond motifs is 1. The Labute approximate surface area is 266 Å². The smallest absolute Gasteiger partial charge is 0.335 e. The summed E-state index contributed by atoms with van der Waals surface area (Å²) in [5.74, 6) is -0.679. The highest BCUT2D eigenvalue weighted by molar-refractivity contribution is 6.35. The van der Waals surface area contributed by atoms with Crippen molar-refractivity contribution in [1.82, 2.24) is 14.3 Å². The lowest BCUT2D eigenvalue weighted by Crippen LogP contribution is -2.18. The predicted molar refractivity (Wildman–Crippen MR) is 176 cm³/mol. The van der Waals surface area contributed by atoms with Gasteiger partial charge < -0.3 is 19.7 Å². The molecule has 0 aliphatic carbocycles. The zero-order valence-corrected chi connectivity index (χ0v) is 27.0. The van der Waals surface area contributed by atoms with Crippen molar-refractivity contribution in [3.05, 3.63) is 97.9 Å². The molecule has 5 aromatic rings. The lowest BCUT2D eigenvalue weighted by atomic mass is 9.98. The molecule has 44 heavy (non-hydrogen) atoms. The summed E-state index contributed by atoms with van der Waals surface area (Å²) in [4.78, 5) is 25.5. The van der Waals surface area contributed by atoms with E-state index < -0.39 is 5.97 Å². The van der Waals surface area contributed by atoms with E-state index in [9.17, 15) is 14.7 Å². The minimum atomic E-state index is -1.07. The molecule has 0 unspecified atom stereocenters. The van der Waals surface area contributed by atoms with E-state index in [0.29, 0.717) is 35.9 Å². The second kappa shape index (κ2) is 12.4. The summed E-state index contributed by atoms with van der Waals surface area (Å²) in [6.45, 7) is 8.27.